The molecule has 3 aliphatic rings. The van der Waals surface area contributed by atoms with E-state index in [9.17, 15) is 23.1 Å². The lowest BCUT2D eigenvalue weighted by Gasteiger charge is -2.29. The first kappa shape index (κ1) is 19.8. The van der Waals surface area contributed by atoms with E-state index in [1.807, 2.05) is 13.1 Å². The number of ether oxygens (including phenoxy) is 1. The number of carbonyl (C=O) groups excluding carboxylic acids is 1. The molecule has 10 heteroatoms. The number of aromatic nitrogens is 2. The van der Waals surface area contributed by atoms with Gasteiger partial charge < -0.3 is 15.2 Å². The van der Waals surface area contributed by atoms with E-state index >= 15 is 0 Å². The minimum atomic E-state index is -4.57. The lowest BCUT2D eigenvalue weighted by atomic mass is 9.74. The average Bonchev–Trinajstić information content (AvgIpc) is 2.85. The van der Waals surface area contributed by atoms with Crippen LogP contribution in [0.4, 0.5) is 18.9 Å². The van der Waals surface area contributed by atoms with Gasteiger partial charge in [-0.05, 0) is 31.5 Å². The van der Waals surface area contributed by atoms with Crippen LogP contribution in [0, 0.1) is 12.3 Å². The monoisotopic (exact) mass is 441 g/mol. The molecule has 1 saturated carbocycles. The number of aliphatic hydroxyl groups excluding tert-OH is 1. The Morgan fingerprint density at radius 3 is 2.77 bits per heavy atom. The maximum absolute atomic E-state index is 13.4. The number of nitrogens with one attached hydrogen (secondary N) is 1. The van der Waals surface area contributed by atoms with E-state index in [0.29, 0.717) is 12.8 Å². The van der Waals surface area contributed by atoms with Crippen molar-refractivity contribution < 1.29 is 27.8 Å². The molecule has 2 aliphatic heterocycles. The van der Waals surface area contributed by atoms with Crippen LogP contribution >= 0.6 is 11.6 Å². The smallest absolute Gasteiger partial charge is 0.390 e. The molecule has 5 atom stereocenters. The zero-order chi connectivity index (χ0) is 21.6. The van der Waals surface area contributed by atoms with Crippen LogP contribution in [0.1, 0.15) is 29.7 Å². The molecule has 6 nitrogen and oxygen atoms in total. The molecule has 0 radical (unpaired) electrons. The van der Waals surface area contributed by atoms with Gasteiger partial charge in [0.2, 0.25) is 5.91 Å². The van der Waals surface area contributed by atoms with Crippen LogP contribution in [-0.4, -0.2) is 39.1 Å². The van der Waals surface area contributed by atoms with E-state index in [0.717, 1.165) is 23.4 Å². The minimum absolute atomic E-state index is 0.180. The van der Waals surface area contributed by atoms with Crippen molar-refractivity contribution in [3.05, 3.63) is 46.2 Å². The minimum Gasteiger partial charge on any atom is -0.390 e. The number of hydrogen-bond acceptors (Lipinski definition) is 4. The number of nitrogens with zero attached hydrogens (tertiary/aromatic N) is 2. The van der Waals surface area contributed by atoms with E-state index < -0.39 is 45.9 Å². The lowest BCUT2D eigenvalue weighted by Crippen LogP contribution is -2.44. The molecule has 0 unspecified atom stereocenters. The molecule has 160 valence electrons. The predicted octanol–water partition coefficient (Wildman–Crippen LogP) is 3.20. The molecule has 2 saturated heterocycles. The Kier molecular flexibility index (Phi) is 3.96. The average molecular weight is 442 g/mol. The van der Waals surface area contributed by atoms with Crippen molar-refractivity contribution in [2.45, 2.75) is 49.7 Å². The highest BCUT2D eigenvalue weighted by atomic mass is 35.5. The van der Waals surface area contributed by atoms with Gasteiger partial charge in [0.15, 0.2) is 0 Å². The number of anilines is 1. The topological polar surface area (TPSA) is 76.4 Å². The van der Waals surface area contributed by atoms with Crippen LogP contribution in [0.25, 0.3) is 0 Å². The second kappa shape index (κ2) is 5.99. The quantitative estimate of drug-likeness (QED) is 0.767. The number of halogens is 4. The molecule has 30 heavy (non-hydrogen) atoms. The summed E-state index contributed by atoms with van der Waals surface area (Å²) in [5, 5.41) is 17.1. The molecule has 0 spiro atoms. The summed E-state index contributed by atoms with van der Waals surface area (Å²) in [7, 11) is 1.78. The fraction of sp³-hybridized carbons (Fsp3) is 0.500. The van der Waals surface area contributed by atoms with Gasteiger partial charge in [0, 0.05) is 36.3 Å². The Bertz CT molecular complexity index is 1070. The highest BCUT2D eigenvalue weighted by molar-refractivity contribution is 6.31. The summed E-state index contributed by atoms with van der Waals surface area (Å²) >= 11 is 5.79. The van der Waals surface area contributed by atoms with Gasteiger partial charge in [-0.25, -0.2) is 0 Å². The number of fused-ring (bicyclic) bond motifs is 5. The van der Waals surface area contributed by atoms with Crippen molar-refractivity contribution in [1.29, 1.82) is 0 Å². The number of alkyl halides is 3. The molecule has 1 aliphatic carbocycles. The third-order valence-corrected chi connectivity index (χ3v) is 7.12. The maximum Gasteiger partial charge on any atom is 0.417 e. The largest absolute Gasteiger partial charge is 0.417 e. The van der Waals surface area contributed by atoms with E-state index in [1.54, 1.807) is 11.7 Å². The van der Waals surface area contributed by atoms with Gasteiger partial charge in [0.25, 0.3) is 0 Å². The van der Waals surface area contributed by atoms with Gasteiger partial charge in [-0.15, -0.1) is 0 Å². The second-order valence-electron chi connectivity index (χ2n) is 8.42. The fourth-order valence-corrected chi connectivity index (χ4v) is 5.89. The normalized spacial score (nSPS) is 34.2. The molecular weight excluding hydrogens is 423 g/mol. The molecule has 2 bridgehead atoms. The fourth-order valence-electron chi connectivity index (χ4n) is 5.60. The Hall–Kier alpha value is -2.10. The Morgan fingerprint density at radius 1 is 1.43 bits per heavy atom. The zero-order valence-electron chi connectivity index (χ0n) is 16.1. The summed E-state index contributed by atoms with van der Waals surface area (Å²) in [5.74, 6) is -0.346. The van der Waals surface area contributed by atoms with Crippen molar-refractivity contribution in [3.63, 3.8) is 0 Å². The van der Waals surface area contributed by atoms with Crippen LogP contribution in [-0.2, 0) is 28.2 Å². The van der Waals surface area contributed by atoms with Gasteiger partial charge in [0.05, 0.1) is 40.0 Å². The Balaban J connectivity index is 1.49. The second-order valence-corrected chi connectivity index (χ2v) is 8.82. The van der Waals surface area contributed by atoms with Gasteiger partial charge in [-0.2, -0.15) is 18.3 Å². The van der Waals surface area contributed by atoms with Crippen LogP contribution in [0.15, 0.2) is 24.4 Å². The third kappa shape index (κ3) is 2.39. The van der Waals surface area contributed by atoms with E-state index in [2.05, 4.69) is 10.4 Å². The number of benzene rings is 1. The number of carbonyl (C=O) groups is 1. The molecule has 2 N–H and O–H groups in total. The van der Waals surface area contributed by atoms with Crippen molar-refractivity contribution >= 4 is 23.2 Å². The molecule has 1 aromatic carbocycles. The van der Waals surface area contributed by atoms with E-state index in [1.165, 1.54) is 6.07 Å². The SMILES string of the molecule is Cc1nn(C)cc1[C@@]12C[C@]1(C(=O)Nc1ccc(C(F)(F)F)c(Cl)c1)[C@H]1C[C@H](O)[C@@H]2O1. The summed E-state index contributed by atoms with van der Waals surface area (Å²) in [6.07, 6.45) is -3.58. The molecule has 3 fully saturated rings. The van der Waals surface area contributed by atoms with Crippen LogP contribution in [0.2, 0.25) is 5.02 Å². The van der Waals surface area contributed by atoms with Crippen molar-refractivity contribution in [2.24, 2.45) is 12.5 Å². The van der Waals surface area contributed by atoms with Crippen molar-refractivity contribution in [2.75, 3.05) is 5.32 Å². The molecule has 3 heterocycles. The molecule has 2 aromatic rings. The lowest BCUT2D eigenvalue weighted by molar-refractivity contribution is -0.137. The number of aliphatic hydroxyl groups is 1. The van der Waals surface area contributed by atoms with Crippen molar-refractivity contribution in [3.8, 4) is 0 Å². The first-order valence-corrected chi connectivity index (χ1v) is 9.91. The highest BCUT2D eigenvalue weighted by Crippen LogP contribution is 2.78. The molecule has 1 amide bonds. The van der Waals surface area contributed by atoms with E-state index in [4.69, 9.17) is 16.3 Å². The van der Waals surface area contributed by atoms with Crippen LogP contribution < -0.4 is 5.32 Å². The Labute approximate surface area is 175 Å². The van der Waals surface area contributed by atoms with Crippen LogP contribution in [0.3, 0.4) is 0 Å². The first-order chi connectivity index (χ1) is 14.0. The summed E-state index contributed by atoms with van der Waals surface area (Å²) in [4.78, 5) is 13.4. The van der Waals surface area contributed by atoms with Gasteiger partial charge in [-0.3, -0.25) is 9.48 Å². The highest BCUT2D eigenvalue weighted by Gasteiger charge is 2.87. The third-order valence-electron chi connectivity index (χ3n) is 6.81. The van der Waals surface area contributed by atoms with Crippen LogP contribution in [0.5, 0.6) is 0 Å². The summed E-state index contributed by atoms with van der Waals surface area (Å²) < 4.78 is 46.5. The van der Waals surface area contributed by atoms with Crippen molar-refractivity contribution in [1.82, 2.24) is 9.78 Å². The summed E-state index contributed by atoms with van der Waals surface area (Å²) in [6, 6.07) is 3.13. The zero-order valence-corrected chi connectivity index (χ0v) is 16.9. The molecule has 5 rings (SSSR count). The first-order valence-electron chi connectivity index (χ1n) is 9.53. The van der Waals surface area contributed by atoms with Gasteiger partial charge >= 0.3 is 6.18 Å². The molecule has 1 aromatic heterocycles. The molecular formula is C20H19ClF3N3O3. The number of hydrogen-bond donors (Lipinski definition) is 2. The maximum atomic E-state index is 13.4. The standard InChI is InChI=1S/C20H19ClF3N3O3/c1-9-12(7-27(2)26-9)18-8-19(18,15-6-14(28)16(18)30-15)17(29)25-10-3-4-11(13(21)5-10)20(22,23)24/h3-5,7,14-16,28H,6,8H2,1-2H3,(H,25,29)/t14-,15+,16-,18+,19+/m0/s1. The number of aryl methyl sites for hydroxylation is 2. The summed E-state index contributed by atoms with van der Waals surface area (Å²) in [6.45, 7) is 1.85. The Morgan fingerprint density at radius 2 is 2.17 bits per heavy atom. The summed E-state index contributed by atoms with van der Waals surface area (Å²) in [5.41, 5.74) is -0.768. The number of rotatable bonds is 3. The number of amides is 1. The van der Waals surface area contributed by atoms with Gasteiger partial charge in [0.1, 0.15) is 0 Å². The van der Waals surface area contributed by atoms with E-state index in [-0.39, 0.29) is 11.6 Å². The van der Waals surface area contributed by atoms with Gasteiger partial charge in [-0.1, -0.05) is 11.6 Å². The predicted molar refractivity (Wildman–Crippen MR) is 101 cm³/mol.